The number of aliphatic carboxylic acids is 1. The number of carboxylic acids is 1. The summed E-state index contributed by atoms with van der Waals surface area (Å²) in [7, 11) is -4.93. The lowest BCUT2D eigenvalue weighted by atomic mass is 10.1. The third-order valence-corrected chi connectivity index (χ3v) is 2.58. The Morgan fingerprint density at radius 3 is 2.35 bits per heavy atom. The summed E-state index contributed by atoms with van der Waals surface area (Å²) in [6.45, 7) is -1.20. The van der Waals surface area contributed by atoms with Crippen LogP contribution in [0.25, 0.3) is 0 Å². The molecule has 17 heavy (non-hydrogen) atoms. The first-order valence-corrected chi connectivity index (χ1v) is 5.78. The molecular weight excluding hydrogens is 263 g/mol. The van der Waals surface area contributed by atoms with Crippen molar-refractivity contribution in [3.8, 4) is 0 Å². The van der Waals surface area contributed by atoms with Crippen molar-refractivity contribution in [3.05, 3.63) is 0 Å². The van der Waals surface area contributed by atoms with E-state index in [2.05, 4.69) is 9.26 Å². The van der Waals surface area contributed by atoms with Gasteiger partial charge < -0.3 is 34.9 Å². The molecule has 0 spiro atoms. The van der Waals surface area contributed by atoms with Gasteiger partial charge in [0.2, 0.25) is 5.79 Å². The minimum Gasteiger partial charge on any atom is -0.477 e. The van der Waals surface area contributed by atoms with Gasteiger partial charge in [-0.3, -0.25) is 4.52 Å². The maximum Gasteiger partial charge on any atom is 0.469 e. The molecule has 0 saturated carbocycles. The number of aliphatic hydroxyl groups is 3. The second-order valence-corrected chi connectivity index (χ2v) is 4.76. The van der Waals surface area contributed by atoms with Crippen molar-refractivity contribution in [2.24, 2.45) is 0 Å². The third kappa shape index (κ3) is 3.21. The molecule has 100 valence electrons. The molecular formula is C6H11O10P. The molecule has 6 N–H and O–H groups in total. The second kappa shape index (κ2) is 4.26. The lowest BCUT2D eigenvalue weighted by molar-refractivity contribution is -0.304. The number of carbonyl (C=O) groups is 1. The van der Waals surface area contributed by atoms with E-state index in [0.29, 0.717) is 0 Å². The van der Waals surface area contributed by atoms with Gasteiger partial charge in [-0.05, 0) is 0 Å². The largest absolute Gasteiger partial charge is 0.477 e. The smallest absolute Gasteiger partial charge is 0.469 e. The summed E-state index contributed by atoms with van der Waals surface area (Å²) < 4.78 is 18.6. The molecule has 0 aromatic carbocycles. The molecule has 0 aromatic rings. The predicted octanol–water partition coefficient (Wildman–Crippen LogP) is -2.66. The Morgan fingerprint density at radius 2 is 2.00 bits per heavy atom. The first kappa shape index (κ1) is 14.5. The van der Waals surface area contributed by atoms with Gasteiger partial charge in [-0.2, -0.15) is 0 Å². The molecule has 1 heterocycles. The molecule has 0 radical (unpaired) electrons. The minimum atomic E-state index is -4.93. The molecule has 0 amide bonds. The zero-order valence-electron chi connectivity index (χ0n) is 8.26. The fraction of sp³-hybridized carbons (Fsp3) is 0.833. The number of aliphatic hydroxyl groups excluding tert-OH is 1. The average molecular weight is 274 g/mol. The fourth-order valence-electron chi connectivity index (χ4n) is 1.26. The number of hydrogen-bond acceptors (Lipinski definition) is 7. The number of rotatable bonds is 4. The minimum absolute atomic E-state index is 0.872. The first-order valence-electron chi connectivity index (χ1n) is 4.25. The van der Waals surface area contributed by atoms with Crippen LogP contribution in [0, 0.1) is 0 Å². The highest BCUT2D eigenvalue weighted by Crippen LogP contribution is 2.41. The van der Waals surface area contributed by atoms with Gasteiger partial charge in [-0.15, -0.1) is 0 Å². The Hall–Kier alpha value is -0.580. The highest BCUT2D eigenvalue weighted by molar-refractivity contribution is 7.46. The van der Waals surface area contributed by atoms with Gasteiger partial charge in [-0.25, -0.2) is 9.36 Å². The van der Waals surface area contributed by atoms with Gasteiger partial charge in [-0.1, -0.05) is 0 Å². The zero-order chi connectivity index (χ0) is 13.5. The summed E-state index contributed by atoms with van der Waals surface area (Å²) in [6, 6.07) is 0. The van der Waals surface area contributed by atoms with E-state index in [1.807, 2.05) is 0 Å². The van der Waals surface area contributed by atoms with Gasteiger partial charge >= 0.3 is 13.8 Å². The van der Waals surface area contributed by atoms with Crippen LogP contribution >= 0.6 is 7.82 Å². The monoisotopic (exact) mass is 274 g/mol. The summed E-state index contributed by atoms with van der Waals surface area (Å²) >= 11 is 0. The van der Waals surface area contributed by atoms with Crippen LogP contribution in [0.2, 0.25) is 0 Å². The Bertz CT molecular complexity index is 364. The molecule has 1 fully saturated rings. The van der Waals surface area contributed by atoms with Gasteiger partial charge in [0.25, 0.3) is 5.79 Å². The summed E-state index contributed by atoms with van der Waals surface area (Å²) in [5.74, 6) is -7.41. The van der Waals surface area contributed by atoms with E-state index in [-0.39, 0.29) is 0 Å². The van der Waals surface area contributed by atoms with Crippen LogP contribution in [0.5, 0.6) is 0 Å². The van der Waals surface area contributed by atoms with Crippen LogP contribution in [-0.4, -0.2) is 60.5 Å². The number of phosphoric acid groups is 1. The highest BCUT2D eigenvalue weighted by Gasteiger charge is 2.59. The number of ether oxygens (including phenoxy) is 1. The molecule has 1 aliphatic heterocycles. The lowest BCUT2D eigenvalue weighted by Gasteiger charge is -2.26. The molecule has 1 saturated heterocycles. The van der Waals surface area contributed by atoms with Gasteiger partial charge in [0.1, 0.15) is 12.7 Å². The fourth-order valence-corrected chi connectivity index (χ4v) is 1.61. The quantitative estimate of drug-likeness (QED) is 0.297. The van der Waals surface area contributed by atoms with Crippen molar-refractivity contribution < 1.29 is 48.8 Å². The second-order valence-electron chi connectivity index (χ2n) is 3.52. The number of carboxylic acid groups (broad SMARTS) is 1. The van der Waals surface area contributed by atoms with Crippen molar-refractivity contribution in [1.29, 1.82) is 0 Å². The first-order chi connectivity index (χ1) is 7.49. The summed E-state index contributed by atoms with van der Waals surface area (Å²) in [5, 5.41) is 36.7. The van der Waals surface area contributed by atoms with E-state index in [1.54, 1.807) is 0 Å². The molecule has 1 aliphatic rings. The van der Waals surface area contributed by atoms with Crippen molar-refractivity contribution in [1.82, 2.24) is 0 Å². The Morgan fingerprint density at radius 1 is 1.47 bits per heavy atom. The van der Waals surface area contributed by atoms with Crippen LogP contribution in [-0.2, 0) is 18.6 Å². The van der Waals surface area contributed by atoms with Crippen molar-refractivity contribution in [3.63, 3.8) is 0 Å². The van der Waals surface area contributed by atoms with E-state index >= 15 is 0 Å². The topological polar surface area (TPSA) is 174 Å². The number of phosphoric ester groups is 1. The Kier molecular flexibility index (Phi) is 3.63. The van der Waals surface area contributed by atoms with E-state index in [0.717, 1.165) is 0 Å². The van der Waals surface area contributed by atoms with E-state index in [1.165, 1.54) is 0 Å². The van der Waals surface area contributed by atoms with Crippen LogP contribution < -0.4 is 0 Å². The van der Waals surface area contributed by atoms with Crippen LogP contribution in [0.1, 0.15) is 6.42 Å². The highest BCUT2D eigenvalue weighted by atomic mass is 31.2. The maximum atomic E-state index is 10.6. The van der Waals surface area contributed by atoms with E-state index in [9.17, 15) is 24.7 Å². The molecule has 11 heteroatoms. The molecule has 0 aliphatic carbocycles. The van der Waals surface area contributed by atoms with Crippen LogP contribution in [0.4, 0.5) is 0 Å². The lowest BCUT2D eigenvalue weighted by Crippen LogP contribution is -2.46. The van der Waals surface area contributed by atoms with Gasteiger partial charge in [0.05, 0.1) is 0 Å². The standard InChI is InChI=1S/C6H11O10P/c7-3-1-5(10,4(8)9)16-6(3,11)2-15-17(12,13)14/h3,7,10-11H,1-2H2,(H,8,9)(H2,12,13,14)/t3-,5-,6-/m0/s1. The van der Waals surface area contributed by atoms with Crippen molar-refractivity contribution in [2.75, 3.05) is 6.61 Å². The van der Waals surface area contributed by atoms with Crippen LogP contribution in [0.3, 0.4) is 0 Å². The number of hydrogen-bond donors (Lipinski definition) is 6. The van der Waals surface area contributed by atoms with E-state index in [4.69, 9.17) is 14.9 Å². The normalized spacial score (nSPS) is 38.3. The molecule has 0 aromatic heterocycles. The molecule has 3 atom stereocenters. The molecule has 1 rings (SSSR count). The van der Waals surface area contributed by atoms with Gasteiger partial charge in [0.15, 0.2) is 0 Å². The van der Waals surface area contributed by atoms with Crippen molar-refractivity contribution >= 4 is 13.8 Å². The predicted molar refractivity (Wildman–Crippen MR) is 47.2 cm³/mol. The molecule has 0 unspecified atom stereocenters. The van der Waals surface area contributed by atoms with E-state index < -0.39 is 44.5 Å². The van der Waals surface area contributed by atoms with Crippen LogP contribution in [0.15, 0.2) is 0 Å². The van der Waals surface area contributed by atoms with Crippen molar-refractivity contribution in [2.45, 2.75) is 24.1 Å². The Balaban J connectivity index is 2.78. The molecule has 0 bridgehead atoms. The summed E-state index contributed by atoms with van der Waals surface area (Å²) in [4.78, 5) is 27.3. The SMILES string of the molecule is O=C(O)[C@]1(O)C[C@H](O)[C@](O)(COP(=O)(O)O)O1. The average Bonchev–Trinajstić information content (AvgIpc) is 2.35. The molecule has 10 nitrogen and oxygen atoms in total. The Labute approximate surface area is 94.3 Å². The summed E-state index contributed by atoms with van der Waals surface area (Å²) in [5.41, 5.74) is 0. The van der Waals surface area contributed by atoms with Gasteiger partial charge in [0, 0.05) is 6.42 Å². The summed E-state index contributed by atoms with van der Waals surface area (Å²) in [6.07, 6.45) is -2.75. The third-order valence-electron chi connectivity index (χ3n) is 2.11. The zero-order valence-corrected chi connectivity index (χ0v) is 9.15. The maximum absolute atomic E-state index is 10.6.